The number of nitrogens with zero attached hydrogens (tertiary/aromatic N) is 1. The van der Waals surface area contributed by atoms with Gasteiger partial charge in [-0.15, -0.1) is 23.7 Å². The molecule has 8 heteroatoms. The van der Waals surface area contributed by atoms with Crippen molar-refractivity contribution in [1.82, 2.24) is 15.0 Å². The molecule has 0 bridgehead atoms. The normalized spacial score (nSPS) is 15.7. The Morgan fingerprint density at radius 3 is 2.72 bits per heavy atom. The van der Waals surface area contributed by atoms with Gasteiger partial charge >= 0.3 is 0 Å². The second kappa shape index (κ2) is 7.72. The maximum Gasteiger partial charge on any atom is 0.240 e. The average molecular weight is 402 g/mol. The first kappa shape index (κ1) is 20.3. The zero-order valence-corrected chi connectivity index (χ0v) is 17.1. The van der Waals surface area contributed by atoms with Gasteiger partial charge in [0.05, 0.1) is 20.1 Å². The van der Waals surface area contributed by atoms with Gasteiger partial charge in [0.25, 0.3) is 0 Å². The Morgan fingerprint density at radius 2 is 2.08 bits per heavy atom. The number of sulfonamides is 1. The predicted molar refractivity (Wildman–Crippen MR) is 106 cm³/mol. The number of thiazole rings is 1. The molecule has 0 amide bonds. The third kappa shape index (κ3) is 4.80. The van der Waals surface area contributed by atoms with Crippen molar-refractivity contribution in [1.29, 1.82) is 0 Å². The molecular weight excluding hydrogens is 378 g/mol. The molecule has 1 aromatic heterocycles. The summed E-state index contributed by atoms with van der Waals surface area (Å²) in [5, 5.41) is 4.23. The zero-order chi connectivity index (χ0) is 17.4. The van der Waals surface area contributed by atoms with E-state index in [1.807, 2.05) is 6.08 Å². The Balaban J connectivity index is 0.00000225. The second-order valence-electron chi connectivity index (χ2n) is 7.04. The van der Waals surface area contributed by atoms with E-state index in [9.17, 15) is 8.42 Å². The summed E-state index contributed by atoms with van der Waals surface area (Å²) < 4.78 is 28.7. The molecule has 2 N–H and O–H groups in total. The van der Waals surface area contributed by atoms with E-state index in [4.69, 9.17) is 0 Å². The van der Waals surface area contributed by atoms with E-state index in [1.54, 1.807) is 29.5 Å². The fourth-order valence-corrected chi connectivity index (χ4v) is 4.69. The van der Waals surface area contributed by atoms with Gasteiger partial charge in [0.15, 0.2) is 0 Å². The quantitative estimate of drug-likeness (QED) is 0.771. The Morgan fingerprint density at radius 1 is 1.32 bits per heavy atom. The summed E-state index contributed by atoms with van der Waals surface area (Å²) in [5.41, 5.74) is 1.94. The topological polar surface area (TPSA) is 71.1 Å². The fourth-order valence-electron chi connectivity index (χ4n) is 2.49. The van der Waals surface area contributed by atoms with E-state index in [0.29, 0.717) is 11.4 Å². The van der Waals surface area contributed by atoms with Gasteiger partial charge in [-0.25, -0.2) is 18.1 Å². The Hall–Kier alpha value is -0.990. The summed E-state index contributed by atoms with van der Waals surface area (Å²) in [4.78, 5) is 4.91. The molecule has 2 aromatic rings. The van der Waals surface area contributed by atoms with Gasteiger partial charge in [-0.05, 0) is 31.2 Å². The number of halogens is 1. The largest absolute Gasteiger partial charge is 0.313 e. The lowest BCUT2D eigenvalue weighted by molar-refractivity contribution is 0.582. The van der Waals surface area contributed by atoms with E-state index < -0.39 is 10.0 Å². The molecule has 2 heterocycles. The van der Waals surface area contributed by atoms with E-state index in [-0.39, 0.29) is 17.8 Å². The molecule has 1 aliphatic heterocycles. The highest BCUT2D eigenvalue weighted by molar-refractivity contribution is 7.89. The smallest absolute Gasteiger partial charge is 0.240 e. The summed E-state index contributed by atoms with van der Waals surface area (Å²) in [6.45, 7) is 8.40. The van der Waals surface area contributed by atoms with Crippen molar-refractivity contribution in [2.75, 3.05) is 19.6 Å². The molecule has 0 saturated heterocycles. The van der Waals surface area contributed by atoms with Crippen LogP contribution in [0.4, 0.5) is 0 Å². The molecule has 0 saturated carbocycles. The SMILES string of the molecule is CC(C)(C)c1nc2ccc(S(=O)(=O)NCC3=CCNCC3)cc2s1.Cl. The number of benzene rings is 1. The van der Waals surface area contributed by atoms with Crippen LogP contribution in [-0.4, -0.2) is 33.0 Å². The van der Waals surface area contributed by atoms with Gasteiger partial charge in [0, 0.05) is 18.5 Å². The minimum atomic E-state index is -3.51. The molecule has 0 aliphatic carbocycles. The Labute approximate surface area is 159 Å². The van der Waals surface area contributed by atoms with Gasteiger partial charge in [-0.2, -0.15) is 0 Å². The van der Waals surface area contributed by atoms with Crippen molar-refractivity contribution < 1.29 is 8.42 Å². The van der Waals surface area contributed by atoms with Crippen LogP contribution in [-0.2, 0) is 15.4 Å². The van der Waals surface area contributed by atoms with E-state index in [0.717, 1.165) is 40.3 Å². The lowest BCUT2D eigenvalue weighted by Crippen LogP contribution is -2.29. The third-order valence-electron chi connectivity index (χ3n) is 3.96. The first-order valence-electron chi connectivity index (χ1n) is 8.05. The van der Waals surface area contributed by atoms with Crippen molar-refractivity contribution in [3.8, 4) is 0 Å². The number of hydrogen-bond donors (Lipinski definition) is 2. The Bertz CT molecular complexity index is 883. The van der Waals surface area contributed by atoms with E-state index in [2.05, 4.69) is 35.8 Å². The van der Waals surface area contributed by atoms with Gasteiger partial charge in [0.2, 0.25) is 10.0 Å². The molecule has 0 spiro atoms. The van der Waals surface area contributed by atoms with Crippen LogP contribution in [0.2, 0.25) is 0 Å². The highest BCUT2D eigenvalue weighted by Crippen LogP contribution is 2.32. The van der Waals surface area contributed by atoms with Crippen LogP contribution in [0.15, 0.2) is 34.7 Å². The van der Waals surface area contributed by atoms with Gasteiger partial charge < -0.3 is 5.32 Å². The molecule has 0 unspecified atom stereocenters. The molecule has 0 radical (unpaired) electrons. The standard InChI is InChI=1S/C17H23N3O2S2.ClH/c1-17(2,3)16-20-14-5-4-13(10-15(14)23-16)24(21,22)19-11-12-6-8-18-9-7-12;/h4-6,10,18-19H,7-9,11H2,1-3H3;1H. The molecule has 0 atom stereocenters. The highest BCUT2D eigenvalue weighted by atomic mass is 35.5. The summed E-state index contributed by atoms with van der Waals surface area (Å²) in [5.74, 6) is 0. The van der Waals surface area contributed by atoms with Gasteiger partial charge in [0.1, 0.15) is 0 Å². The second-order valence-corrected chi connectivity index (χ2v) is 9.84. The summed E-state index contributed by atoms with van der Waals surface area (Å²) in [7, 11) is -3.51. The molecular formula is C17H24ClN3O2S2. The van der Waals surface area contributed by atoms with E-state index >= 15 is 0 Å². The molecule has 3 rings (SSSR count). The Kier molecular flexibility index (Phi) is 6.27. The van der Waals surface area contributed by atoms with Crippen LogP contribution in [0.3, 0.4) is 0 Å². The molecule has 1 aliphatic rings. The minimum Gasteiger partial charge on any atom is -0.313 e. The van der Waals surface area contributed by atoms with Crippen LogP contribution in [0.25, 0.3) is 10.2 Å². The maximum absolute atomic E-state index is 12.6. The van der Waals surface area contributed by atoms with Crippen molar-refractivity contribution >= 4 is 44.0 Å². The maximum atomic E-state index is 12.6. The van der Waals surface area contributed by atoms with Crippen molar-refractivity contribution in [2.45, 2.75) is 37.5 Å². The lowest BCUT2D eigenvalue weighted by atomic mass is 9.98. The minimum absolute atomic E-state index is 0. The number of hydrogen-bond acceptors (Lipinski definition) is 5. The first-order chi connectivity index (χ1) is 11.3. The number of rotatable bonds is 4. The highest BCUT2D eigenvalue weighted by Gasteiger charge is 2.21. The zero-order valence-electron chi connectivity index (χ0n) is 14.6. The number of fused-ring (bicyclic) bond motifs is 1. The van der Waals surface area contributed by atoms with Crippen molar-refractivity contribution in [2.24, 2.45) is 0 Å². The van der Waals surface area contributed by atoms with E-state index in [1.165, 1.54) is 0 Å². The monoisotopic (exact) mass is 401 g/mol. The first-order valence-corrected chi connectivity index (χ1v) is 10.3. The summed E-state index contributed by atoms with van der Waals surface area (Å²) in [6, 6.07) is 5.15. The molecule has 5 nitrogen and oxygen atoms in total. The lowest BCUT2D eigenvalue weighted by Gasteiger charge is -2.14. The van der Waals surface area contributed by atoms with Crippen LogP contribution < -0.4 is 10.0 Å². The number of aromatic nitrogens is 1. The average Bonchev–Trinajstić information content (AvgIpc) is 2.97. The number of nitrogens with one attached hydrogen (secondary N) is 2. The molecule has 25 heavy (non-hydrogen) atoms. The van der Waals surface area contributed by atoms with Crippen LogP contribution >= 0.6 is 23.7 Å². The summed E-state index contributed by atoms with van der Waals surface area (Å²) in [6.07, 6.45) is 2.93. The molecule has 138 valence electrons. The van der Waals surface area contributed by atoms with Gasteiger partial charge in [-0.3, -0.25) is 0 Å². The fraction of sp³-hybridized carbons (Fsp3) is 0.471. The van der Waals surface area contributed by atoms with Crippen LogP contribution in [0.1, 0.15) is 32.2 Å². The third-order valence-corrected chi connectivity index (χ3v) is 6.80. The van der Waals surface area contributed by atoms with Crippen molar-refractivity contribution in [3.05, 3.63) is 34.9 Å². The van der Waals surface area contributed by atoms with Crippen LogP contribution in [0.5, 0.6) is 0 Å². The van der Waals surface area contributed by atoms with Crippen molar-refractivity contribution in [3.63, 3.8) is 0 Å². The summed E-state index contributed by atoms with van der Waals surface area (Å²) >= 11 is 1.56. The molecule has 0 fully saturated rings. The van der Waals surface area contributed by atoms with Gasteiger partial charge in [-0.1, -0.05) is 32.4 Å². The van der Waals surface area contributed by atoms with Crippen LogP contribution in [0, 0.1) is 0 Å². The predicted octanol–water partition coefficient (Wildman–Crippen LogP) is 3.21. The molecule has 1 aromatic carbocycles.